The lowest BCUT2D eigenvalue weighted by Gasteiger charge is -2.31. The summed E-state index contributed by atoms with van der Waals surface area (Å²) in [4.78, 5) is 14.4. The third-order valence-electron chi connectivity index (χ3n) is 5.37. The molecule has 1 aromatic heterocycles. The Morgan fingerprint density at radius 1 is 1.23 bits per heavy atom. The largest absolute Gasteiger partial charge is 0.490 e. The van der Waals surface area contributed by atoms with Gasteiger partial charge in [0, 0.05) is 32.5 Å². The van der Waals surface area contributed by atoms with Crippen LogP contribution in [0.4, 0.5) is 13.2 Å². The van der Waals surface area contributed by atoms with E-state index in [1.807, 2.05) is 0 Å². The number of hydrogen-bond donors (Lipinski definition) is 0. The van der Waals surface area contributed by atoms with Crippen LogP contribution < -0.4 is 4.74 Å². The minimum Gasteiger partial charge on any atom is -0.490 e. The highest BCUT2D eigenvalue weighted by Crippen LogP contribution is 2.32. The summed E-state index contributed by atoms with van der Waals surface area (Å²) >= 11 is 0. The van der Waals surface area contributed by atoms with Crippen LogP contribution in [0.2, 0.25) is 0 Å². The summed E-state index contributed by atoms with van der Waals surface area (Å²) in [6, 6.07) is 4.86. The van der Waals surface area contributed by atoms with Gasteiger partial charge in [-0.25, -0.2) is 4.68 Å². The van der Waals surface area contributed by atoms with Gasteiger partial charge in [-0.05, 0) is 31.0 Å². The summed E-state index contributed by atoms with van der Waals surface area (Å²) in [6.45, 7) is 2.22. The molecule has 10 heteroatoms. The number of hydrogen-bond acceptors (Lipinski definition) is 5. The summed E-state index contributed by atoms with van der Waals surface area (Å²) in [5.41, 5.74) is -0.455. The van der Waals surface area contributed by atoms with Gasteiger partial charge in [-0.2, -0.15) is 13.2 Å². The van der Waals surface area contributed by atoms with Crippen molar-refractivity contribution in [1.82, 2.24) is 19.9 Å². The number of amides is 1. The number of carbonyl (C=O) groups is 1. The van der Waals surface area contributed by atoms with E-state index in [0.29, 0.717) is 32.5 Å². The van der Waals surface area contributed by atoms with E-state index >= 15 is 0 Å². The van der Waals surface area contributed by atoms with Crippen molar-refractivity contribution in [3.63, 3.8) is 0 Å². The Kier molecular flexibility index (Phi) is 5.94. The molecule has 162 valence electrons. The second-order valence-electron chi connectivity index (χ2n) is 7.60. The van der Waals surface area contributed by atoms with E-state index in [1.165, 1.54) is 12.1 Å². The zero-order valence-electron chi connectivity index (χ0n) is 16.3. The number of benzene rings is 1. The van der Waals surface area contributed by atoms with Gasteiger partial charge in [0.1, 0.15) is 11.9 Å². The number of ether oxygens (including phenoxy) is 2. The first-order chi connectivity index (χ1) is 14.4. The van der Waals surface area contributed by atoms with E-state index in [0.717, 1.165) is 31.6 Å². The number of piperidine rings is 1. The number of aromatic nitrogens is 3. The van der Waals surface area contributed by atoms with Gasteiger partial charge in [-0.1, -0.05) is 11.3 Å². The van der Waals surface area contributed by atoms with E-state index in [1.54, 1.807) is 15.8 Å². The third-order valence-corrected chi connectivity index (χ3v) is 5.37. The molecule has 1 amide bonds. The number of likely N-dealkylation sites (tertiary alicyclic amines) is 1. The number of rotatable bonds is 5. The van der Waals surface area contributed by atoms with Crippen LogP contribution in [0.5, 0.6) is 5.75 Å². The maximum absolute atomic E-state index is 12.8. The van der Waals surface area contributed by atoms with Crippen molar-refractivity contribution in [2.24, 2.45) is 0 Å². The molecule has 7 nitrogen and oxygen atoms in total. The average molecular weight is 424 g/mol. The standard InChI is InChI=1S/C20H23F3N4O3/c21-20(22,23)14-3-1-4-16(11-14)30-15-6-8-26(9-7-15)19(28)18-13-27(25-24-18)12-17-5-2-10-29-17/h1,3-4,11,13,15,17H,2,5-10,12H2/t17-/m1/s1. The van der Waals surface area contributed by atoms with Gasteiger partial charge in [0.25, 0.3) is 5.91 Å². The van der Waals surface area contributed by atoms with Crippen molar-refractivity contribution >= 4 is 5.91 Å². The van der Waals surface area contributed by atoms with Crippen LogP contribution in [0, 0.1) is 0 Å². The highest BCUT2D eigenvalue weighted by Gasteiger charge is 2.31. The summed E-state index contributed by atoms with van der Waals surface area (Å²) in [5, 5.41) is 8.00. The molecule has 3 heterocycles. The van der Waals surface area contributed by atoms with Crippen LogP contribution in [0.1, 0.15) is 41.7 Å². The SMILES string of the molecule is O=C(c1cn(C[C@H]2CCCO2)nn1)N1CCC(Oc2cccc(C(F)(F)F)c2)CC1. The molecule has 30 heavy (non-hydrogen) atoms. The maximum Gasteiger partial charge on any atom is 0.416 e. The molecule has 2 fully saturated rings. The smallest absolute Gasteiger partial charge is 0.416 e. The fourth-order valence-corrected chi connectivity index (χ4v) is 3.76. The van der Waals surface area contributed by atoms with E-state index in [4.69, 9.17) is 9.47 Å². The Labute approximate surface area is 171 Å². The van der Waals surface area contributed by atoms with Gasteiger partial charge in [0.05, 0.1) is 24.4 Å². The van der Waals surface area contributed by atoms with E-state index in [2.05, 4.69) is 10.3 Å². The Morgan fingerprint density at radius 2 is 2.03 bits per heavy atom. The zero-order chi connectivity index (χ0) is 21.1. The van der Waals surface area contributed by atoms with Crippen LogP contribution in [0.15, 0.2) is 30.5 Å². The van der Waals surface area contributed by atoms with E-state index in [-0.39, 0.29) is 29.6 Å². The third kappa shape index (κ3) is 4.92. The van der Waals surface area contributed by atoms with Gasteiger partial charge in [-0.15, -0.1) is 5.10 Å². The fraction of sp³-hybridized carbons (Fsp3) is 0.550. The van der Waals surface area contributed by atoms with Crippen LogP contribution in [-0.2, 0) is 17.5 Å². The van der Waals surface area contributed by atoms with Crippen molar-refractivity contribution in [3.8, 4) is 5.75 Å². The van der Waals surface area contributed by atoms with Crippen LogP contribution in [0.25, 0.3) is 0 Å². The molecule has 4 rings (SSSR count). The second-order valence-corrected chi connectivity index (χ2v) is 7.60. The van der Waals surface area contributed by atoms with Crippen molar-refractivity contribution < 1.29 is 27.4 Å². The summed E-state index contributed by atoms with van der Waals surface area (Å²) in [6.07, 6.45) is 0.167. The lowest BCUT2D eigenvalue weighted by atomic mass is 10.1. The van der Waals surface area contributed by atoms with Crippen molar-refractivity contribution in [3.05, 3.63) is 41.7 Å². The molecule has 1 atom stereocenters. The topological polar surface area (TPSA) is 69.5 Å². The fourth-order valence-electron chi connectivity index (χ4n) is 3.76. The lowest BCUT2D eigenvalue weighted by molar-refractivity contribution is -0.137. The lowest BCUT2D eigenvalue weighted by Crippen LogP contribution is -2.42. The van der Waals surface area contributed by atoms with Crippen LogP contribution in [0.3, 0.4) is 0 Å². The summed E-state index contributed by atoms with van der Waals surface area (Å²) < 4.78 is 51.5. The molecule has 0 N–H and O–H groups in total. The van der Waals surface area contributed by atoms with E-state index in [9.17, 15) is 18.0 Å². The van der Waals surface area contributed by atoms with Crippen molar-refractivity contribution in [2.45, 2.75) is 50.6 Å². The number of nitrogens with zero attached hydrogens (tertiary/aromatic N) is 4. The summed E-state index contributed by atoms with van der Waals surface area (Å²) in [5.74, 6) is -0.0159. The quantitative estimate of drug-likeness (QED) is 0.738. The molecule has 0 aliphatic carbocycles. The first-order valence-corrected chi connectivity index (χ1v) is 10.0. The monoisotopic (exact) mass is 424 g/mol. The molecule has 2 aliphatic heterocycles. The normalized spacial score (nSPS) is 20.5. The average Bonchev–Trinajstić information content (AvgIpc) is 3.40. The van der Waals surface area contributed by atoms with Gasteiger partial charge in [0.15, 0.2) is 5.69 Å². The van der Waals surface area contributed by atoms with Gasteiger partial charge in [-0.3, -0.25) is 4.79 Å². The van der Waals surface area contributed by atoms with Gasteiger partial charge < -0.3 is 14.4 Å². The molecule has 0 unspecified atom stereocenters. The molecule has 0 bridgehead atoms. The molecule has 0 spiro atoms. The van der Waals surface area contributed by atoms with Crippen molar-refractivity contribution in [2.75, 3.05) is 19.7 Å². The van der Waals surface area contributed by atoms with Crippen molar-refractivity contribution in [1.29, 1.82) is 0 Å². The Hall–Kier alpha value is -2.62. The molecule has 0 saturated carbocycles. The predicted molar refractivity (Wildman–Crippen MR) is 100.0 cm³/mol. The Morgan fingerprint density at radius 3 is 2.73 bits per heavy atom. The number of carbonyl (C=O) groups excluding carboxylic acids is 1. The van der Waals surface area contributed by atoms with E-state index < -0.39 is 11.7 Å². The molecule has 0 radical (unpaired) electrons. The Balaban J connectivity index is 1.29. The Bertz CT molecular complexity index is 872. The predicted octanol–water partition coefficient (Wildman–Crippen LogP) is 3.16. The van der Waals surface area contributed by atoms with Crippen LogP contribution in [-0.4, -0.2) is 57.7 Å². The molecular weight excluding hydrogens is 401 g/mol. The highest BCUT2D eigenvalue weighted by atomic mass is 19.4. The minimum absolute atomic E-state index is 0.110. The first-order valence-electron chi connectivity index (χ1n) is 10.0. The summed E-state index contributed by atoms with van der Waals surface area (Å²) in [7, 11) is 0. The van der Waals surface area contributed by atoms with Gasteiger partial charge in [0.2, 0.25) is 0 Å². The highest BCUT2D eigenvalue weighted by molar-refractivity contribution is 5.92. The second kappa shape index (κ2) is 8.63. The van der Waals surface area contributed by atoms with Crippen LogP contribution >= 0.6 is 0 Å². The first kappa shape index (κ1) is 20.6. The number of halogens is 3. The molecular formula is C20H23F3N4O3. The number of alkyl halides is 3. The molecule has 2 aliphatic rings. The molecule has 2 saturated heterocycles. The zero-order valence-corrected chi connectivity index (χ0v) is 16.3. The minimum atomic E-state index is -4.41. The maximum atomic E-state index is 12.8. The van der Waals surface area contributed by atoms with Gasteiger partial charge >= 0.3 is 6.18 Å². The molecule has 1 aromatic carbocycles. The molecule has 2 aromatic rings.